The van der Waals surface area contributed by atoms with Gasteiger partial charge in [0.1, 0.15) is 0 Å². The van der Waals surface area contributed by atoms with E-state index >= 15 is 0 Å². The highest BCUT2D eigenvalue weighted by Gasteiger charge is 2.22. The number of anilines is 3. The molecular formula is C32H40N4O7. The van der Waals surface area contributed by atoms with Gasteiger partial charge in [0.15, 0.2) is 11.5 Å². The summed E-state index contributed by atoms with van der Waals surface area (Å²) in [6.45, 7) is 9.66. The van der Waals surface area contributed by atoms with E-state index in [0.29, 0.717) is 29.5 Å². The number of esters is 1. The first-order valence-corrected chi connectivity index (χ1v) is 14.2. The Hall–Kier alpha value is -4.61. The zero-order valence-electron chi connectivity index (χ0n) is 25.0. The van der Waals surface area contributed by atoms with E-state index in [-0.39, 0.29) is 29.8 Å². The summed E-state index contributed by atoms with van der Waals surface area (Å²) >= 11 is 0. The minimum atomic E-state index is -0.587. The van der Waals surface area contributed by atoms with Gasteiger partial charge in [-0.2, -0.15) is 0 Å². The third kappa shape index (κ3) is 10.3. The first-order chi connectivity index (χ1) is 20.9. The van der Waals surface area contributed by atoms with Crippen LogP contribution in [0.15, 0.2) is 66.7 Å². The van der Waals surface area contributed by atoms with Crippen molar-refractivity contribution in [3.63, 3.8) is 0 Å². The molecule has 1 heterocycles. The molecule has 1 aliphatic rings. The molecule has 1 atom stereocenters. The fourth-order valence-corrected chi connectivity index (χ4v) is 4.05. The Labute approximate surface area is 252 Å². The molecule has 1 fully saturated rings. The topological polar surface area (TPSA) is 136 Å². The van der Waals surface area contributed by atoms with Crippen LogP contribution in [0.25, 0.3) is 0 Å². The molecule has 0 radical (unpaired) electrons. The lowest BCUT2D eigenvalue weighted by atomic mass is 9.99. The summed E-state index contributed by atoms with van der Waals surface area (Å²) < 4.78 is 21.1. The van der Waals surface area contributed by atoms with E-state index in [2.05, 4.69) is 21.3 Å². The van der Waals surface area contributed by atoms with Crippen molar-refractivity contribution in [1.29, 1.82) is 0 Å². The van der Waals surface area contributed by atoms with Gasteiger partial charge in [-0.1, -0.05) is 30.3 Å². The Bertz CT molecular complexity index is 1320. The number of para-hydroxylation sites is 1. The molecule has 3 aromatic rings. The summed E-state index contributed by atoms with van der Waals surface area (Å²) in [6.07, 6.45) is 0. The van der Waals surface area contributed by atoms with Crippen LogP contribution in [0.1, 0.15) is 42.6 Å². The number of rotatable bonds is 10. The number of urea groups is 1. The molecule has 11 heteroatoms. The lowest BCUT2D eigenvalue weighted by molar-refractivity contribution is -0.117. The molecular weight excluding hydrogens is 552 g/mol. The van der Waals surface area contributed by atoms with Crippen molar-refractivity contribution >= 4 is 35.0 Å². The maximum absolute atomic E-state index is 13.1. The summed E-state index contributed by atoms with van der Waals surface area (Å²) in [5.41, 5.74) is 2.39. The molecule has 11 nitrogen and oxygen atoms in total. The maximum atomic E-state index is 13.1. The average Bonchev–Trinajstić information content (AvgIpc) is 3.03. The molecule has 0 aliphatic carbocycles. The molecule has 0 saturated carbocycles. The molecule has 0 spiro atoms. The van der Waals surface area contributed by atoms with Crippen LogP contribution in [0.2, 0.25) is 0 Å². The Morgan fingerprint density at radius 3 is 2.05 bits per heavy atom. The van der Waals surface area contributed by atoms with Crippen LogP contribution >= 0.6 is 0 Å². The Morgan fingerprint density at radius 1 is 0.860 bits per heavy atom. The van der Waals surface area contributed by atoms with E-state index in [1.165, 1.54) is 13.2 Å². The quantitative estimate of drug-likeness (QED) is 0.234. The third-order valence-electron chi connectivity index (χ3n) is 6.30. The highest BCUT2D eigenvalue weighted by molar-refractivity contribution is 6.04. The highest BCUT2D eigenvalue weighted by atomic mass is 16.5. The maximum Gasteiger partial charge on any atom is 0.340 e. The van der Waals surface area contributed by atoms with Crippen molar-refractivity contribution in [2.45, 2.75) is 26.7 Å². The standard InChI is InChI=1S/C28H31N3O6.C4H9NO/c1-5-36-25-17-23(22(16-24(25)35-4)27(33)37-6-2)31-26(32)18(3)19-12-14-21(15-13-19)30-28(34)29-20-10-8-7-9-11-20;1-3-6-4-2-5-1/h7-18H,5-6H2,1-4H3,(H,31,32)(H2,29,30,34);5H,1-4H2. The van der Waals surface area contributed by atoms with Gasteiger partial charge in [-0.15, -0.1) is 0 Å². The van der Waals surface area contributed by atoms with E-state index < -0.39 is 11.9 Å². The molecule has 1 saturated heterocycles. The fraction of sp³-hybridized carbons (Fsp3) is 0.344. The summed E-state index contributed by atoms with van der Waals surface area (Å²) in [6, 6.07) is 18.7. The molecule has 3 amide bonds. The van der Waals surface area contributed by atoms with Crippen LogP contribution in [0.5, 0.6) is 11.5 Å². The van der Waals surface area contributed by atoms with Crippen LogP contribution in [0.4, 0.5) is 21.9 Å². The van der Waals surface area contributed by atoms with Crippen molar-refractivity contribution in [1.82, 2.24) is 5.32 Å². The van der Waals surface area contributed by atoms with Gasteiger partial charge >= 0.3 is 12.0 Å². The van der Waals surface area contributed by atoms with E-state index in [1.54, 1.807) is 56.3 Å². The number of methoxy groups -OCH3 is 1. The Morgan fingerprint density at radius 2 is 1.51 bits per heavy atom. The van der Waals surface area contributed by atoms with Gasteiger partial charge in [-0.3, -0.25) is 4.79 Å². The van der Waals surface area contributed by atoms with Gasteiger partial charge in [0.05, 0.1) is 50.7 Å². The summed E-state index contributed by atoms with van der Waals surface area (Å²) in [4.78, 5) is 37.9. The molecule has 4 N–H and O–H groups in total. The minimum absolute atomic E-state index is 0.159. The minimum Gasteiger partial charge on any atom is -0.493 e. The van der Waals surface area contributed by atoms with Gasteiger partial charge in [-0.25, -0.2) is 9.59 Å². The van der Waals surface area contributed by atoms with E-state index in [1.807, 2.05) is 25.1 Å². The fourth-order valence-electron chi connectivity index (χ4n) is 4.05. The number of nitrogens with one attached hydrogen (secondary N) is 4. The average molecular weight is 593 g/mol. The van der Waals surface area contributed by atoms with Crippen LogP contribution in [-0.4, -0.2) is 64.5 Å². The highest BCUT2D eigenvalue weighted by Crippen LogP contribution is 2.35. The van der Waals surface area contributed by atoms with Crippen molar-refractivity contribution in [2.24, 2.45) is 0 Å². The molecule has 230 valence electrons. The van der Waals surface area contributed by atoms with E-state index in [0.717, 1.165) is 31.9 Å². The first-order valence-electron chi connectivity index (χ1n) is 14.2. The van der Waals surface area contributed by atoms with E-state index in [9.17, 15) is 14.4 Å². The van der Waals surface area contributed by atoms with Gasteiger partial charge < -0.3 is 40.2 Å². The molecule has 43 heavy (non-hydrogen) atoms. The van der Waals surface area contributed by atoms with Crippen molar-refractivity contribution in [3.05, 3.63) is 77.9 Å². The zero-order chi connectivity index (χ0) is 31.0. The second-order valence-electron chi connectivity index (χ2n) is 9.34. The number of ether oxygens (including phenoxy) is 4. The number of carbonyl (C=O) groups is 3. The normalized spacial score (nSPS) is 12.9. The number of carbonyl (C=O) groups excluding carboxylic acids is 3. The number of amides is 3. The number of hydrogen-bond acceptors (Lipinski definition) is 8. The third-order valence-corrected chi connectivity index (χ3v) is 6.30. The largest absolute Gasteiger partial charge is 0.493 e. The van der Waals surface area contributed by atoms with Gasteiger partial charge in [0, 0.05) is 36.6 Å². The van der Waals surface area contributed by atoms with Crippen LogP contribution in [-0.2, 0) is 14.3 Å². The molecule has 1 aliphatic heterocycles. The zero-order valence-corrected chi connectivity index (χ0v) is 25.0. The summed E-state index contributed by atoms with van der Waals surface area (Å²) in [5, 5.41) is 11.5. The van der Waals surface area contributed by atoms with Crippen molar-refractivity contribution in [2.75, 3.05) is 62.6 Å². The first kappa shape index (κ1) is 32.9. The predicted octanol–water partition coefficient (Wildman–Crippen LogP) is 5.26. The van der Waals surface area contributed by atoms with Crippen molar-refractivity contribution in [3.8, 4) is 11.5 Å². The summed E-state index contributed by atoms with van der Waals surface area (Å²) in [7, 11) is 1.47. The SMILES string of the molecule is C1COCCN1.CCOC(=O)c1cc(OC)c(OCC)cc1NC(=O)C(C)c1ccc(NC(=O)Nc2ccccc2)cc1. The van der Waals surface area contributed by atoms with Crippen LogP contribution in [0.3, 0.4) is 0 Å². The number of hydrogen-bond donors (Lipinski definition) is 4. The van der Waals surface area contributed by atoms with Gasteiger partial charge in [-0.05, 0) is 50.6 Å². The van der Waals surface area contributed by atoms with E-state index in [4.69, 9.17) is 18.9 Å². The Kier molecular flexibility index (Phi) is 13.3. The molecule has 4 rings (SSSR count). The van der Waals surface area contributed by atoms with Crippen LogP contribution < -0.4 is 30.7 Å². The molecule has 1 unspecified atom stereocenters. The Balaban J connectivity index is 0.000000749. The summed E-state index contributed by atoms with van der Waals surface area (Å²) in [5.74, 6) is -0.725. The molecule has 0 aromatic heterocycles. The predicted molar refractivity (Wildman–Crippen MR) is 166 cm³/mol. The lowest BCUT2D eigenvalue weighted by Crippen LogP contribution is -2.30. The molecule has 3 aromatic carbocycles. The van der Waals surface area contributed by atoms with Gasteiger partial charge in [0.25, 0.3) is 0 Å². The monoisotopic (exact) mass is 592 g/mol. The second-order valence-corrected chi connectivity index (χ2v) is 9.34. The smallest absolute Gasteiger partial charge is 0.340 e. The number of benzene rings is 3. The van der Waals surface area contributed by atoms with Gasteiger partial charge in [0.2, 0.25) is 5.91 Å². The van der Waals surface area contributed by atoms with Crippen molar-refractivity contribution < 1.29 is 33.3 Å². The second kappa shape index (κ2) is 17.4. The lowest BCUT2D eigenvalue weighted by Gasteiger charge is -2.18. The number of morpholine rings is 1. The van der Waals surface area contributed by atoms with Crippen LogP contribution in [0, 0.1) is 0 Å². The molecule has 0 bridgehead atoms.